The van der Waals surface area contributed by atoms with Gasteiger partial charge in [-0.1, -0.05) is 115 Å². The maximum Gasteiger partial charge on any atom is 0.0974 e. The summed E-state index contributed by atoms with van der Waals surface area (Å²) in [4.78, 5) is 10.4. The molecule has 1 aliphatic rings. The molecular weight excluding hydrogens is 431 g/mol. The summed E-state index contributed by atoms with van der Waals surface area (Å²) in [6.45, 7) is 0. The average molecular weight is 455 g/mol. The molecule has 0 spiro atoms. The lowest BCUT2D eigenvalue weighted by atomic mass is 10.1. The van der Waals surface area contributed by atoms with Crippen LogP contribution in [-0.2, 0) is 0 Å². The van der Waals surface area contributed by atoms with Crippen LogP contribution in [0.4, 0.5) is 5.69 Å². The van der Waals surface area contributed by atoms with Crippen molar-refractivity contribution in [3.63, 3.8) is 0 Å². The molecule has 0 saturated heterocycles. The van der Waals surface area contributed by atoms with Crippen LogP contribution in [0.5, 0.6) is 0 Å². The Kier molecular flexibility index (Phi) is 5.59. The summed E-state index contributed by atoms with van der Waals surface area (Å²) in [5.74, 6) is 0. The second kappa shape index (κ2) is 9.17. The molecule has 0 aliphatic heterocycles. The molecule has 34 heavy (non-hydrogen) atoms. The van der Waals surface area contributed by atoms with Gasteiger partial charge in [-0.25, -0.2) is 4.99 Å². The van der Waals surface area contributed by atoms with Crippen molar-refractivity contribution >= 4 is 46.4 Å². The van der Waals surface area contributed by atoms with Crippen molar-refractivity contribution in [2.45, 2.75) is 0 Å². The van der Waals surface area contributed by atoms with E-state index in [9.17, 15) is 0 Å². The Balaban J connectivity index is 1.49. The molecule has 0 atom stereocenters. The molecule has 6 rings (SSSR count). The van der Waals surface area contributed by atoms with Crippen LogP contribution in [0.2, 0.25) is 0 Å². The number of benzene rings is 5. The maximum absolute atomic E-state index is 5.31. The normalized spacial score (nSPS) is 15.0. The van der Waals surface area contributed by atoms with Crippen LogP contribution in [0.25, 0.3) is 10.8 Å². The summed E-state index contributed by atoms with van der Waals surface area (Å²) in [5.41, 5.74) is 5.26. The molecule has 2 nitrogen and oxygen atoms in total. The first kappa shape index (κ1) is 20.7. The van der Waals surface area contributed by atoms with Crippen LogP contribution < -0.4 is 10.6 Å². The van der Waals surface area contributed by atoms with Gasteiger partial charge in [-0.05, 0) is 36.0 Å². The van der Waals surface area contributed by atoms with E-state index < -0.39 is 7.92 Å². The van der Waals surface area contributed by atoms with Crippen molar-refractivity contribution in [3.05, 3.63) is 139 Å². The number of aliphatic imine (C=N–C) groups is 2. The Bertz CT molecular complexity index is 1460. The number of rotatable bonds is 5. The molecule has 0 saturated carbocycles. The van der Waals surface area contributed by atoms with Gasteiger partial charge in [0.25, 0.3) is 0 Å². The van der Waals surface area contributed by atoms with Gasteiger partial charge in [0.1, 0.15) is 0 Å². The average Bonchev–Trinajstić information content (AvgIpc) is 3.20. The van der Waals surface area contributed by atoms with E-state index in [2.05, 4.69) is 109 Å². The molecule has 5 aromatic carbocycles. The third-order valence-corrected chi connectivity index (χ3v) is 8.41. The Labute approximate surface area is 201 Å². The summed E-state index contributed by atoms with van der Waals surface area (Å²) < 4.78 is 0. The fourth-order valence-electron chi connectivity index (χ4n) is 4.57. The largest absolute Gasteiger partial charge is 0.277 e. The van der Waals surface area contributed by atoms with Gasteiger partial charge in [-0.2, -0.15) is 0 Å². The molecule has 3 heteroatoms. The van der Waals surface area contributed by atoms with E-state index in [4.69, 9.17) is 9.98 Å². The highest BCUT2D eigenvalue weighted by Crippen LogP contribution is 2.37. The quantitative estimate of drug-likeness (QED) is 0.259. The molecule has 5 aromatic rings. The SMILES string of the molecule is c1ccc(/N=C2/C(=N\CP(c3ccccc3)c3ccccc3)c3cccc4cccc2c34)cc1. The standard InChI is InChI=1S/C31H23N2P/c1-4-14-24(15-5-1)33-31-28-21-11-13-23-12-10-20-27(29(23)28)30(31)32-22-34(25-16-6-2-7-17-25)26-18-8-3-9-19-26/h1-21H,22H2/b32-30-,33-31+. The molecule has 0 N–H and O–H groups in total. The third-order valence-electron chi connectivity index (χ3n) is 6.14. The minimum absolute atomic E-state index is 0.623. The van der Waals surface area contributed by atoms with E-state index in [0.717, 1.165) is 23.4 Å². The zero-order valence-corrected chi connectivity index (χ0v) is 19.6. The second-order valence-electron chi connectivity index (χ2n) is 8.25. The smallest absolute Gasteiger partial charge is 0.0974 e. The van der Waals surface area contributed by atoms with Gasteiger partial charge < -0.3 is 0 Å². The number of hydrogen-bond acceptors (Lipinski definition) is 2. The first-order valence-electron chi connectivity index (χ1n) is 11.5. The van der Waals surface area contributed by atoms with E-state index in [1.807, 2.05) is 18.2 Å². The van der Waals surface area contributed by atoms with Gasteiger partial charge in [-0.15, -0.1) is 0 Å². The summed E-state index contributed by atoms with van der Waals surface area (Å²) in [6.07, 6.45) is 0.719. The first-order chi connectivity index (χ1) is 16.9. The van der Waals surface area contributed by atoms with Gasteiger partial charge in [0.2, 0.25) is 0 Å². The molecule has 162 valence electrons. The van der Waals surface area contributed by atoms with Gasteiger partial charge in [0, 0.05) is 16.5 Å². The number of para-hydroxylation sites is 1. The monoisotopic (exact) mass is 454 g/mol. The van der Waals surface area contributed by atoms with Crippen LogP contribution in [0.1, 0.15) is 11.1 Å². The van der Waals surface area contributed by atoms with E-state index in [-0.39, 0.29) is 0 Å². The third kappa shape index (κ3) is 3.87. The van der Waals surface area contributed by atoms with Crippen LogP contribution in [0, 0.1) is 0 Å². The number of hydrogen-bond donors (Lipinski definition) is 0. The van der Waals surface area contributed by atoms with Gasteiger partial charge >= 0.3 is 0 Å². The Hall–Kier alpha value is -3.87. The molecule has 1 aliphatic carbocycles. The molecule has 0 heterocycles. The predicted molar refractivity (Wildman–Crippen MR) is 147 cm³/mol. The minimum Gasteiger partial charge on any atom is -0.277 e. The second-order valence-corrected chi connectivity index (χ2v) is 10.4. The molecule has 0 radical (unpaired) electrons. The van der Waals surface area contributed by atoms with Crippen molar-refractivity contribution < 1.29 is 0 Å². The fourth-order valence-corrected chi connectivity index (χ4v) is 6.54. The summed E-state index contributed by atoms with van der Waals surface area (Å²) in [7, 11) is -0.623. The molecule has 0 bridgehead atoms. The zero-order chi connectivity index (χ0) is 22.7. The van der Waals surface area contributed by atoms with Crippen molar-refractivity contribution in [1.82, 2.24) is 0 Å². The van der Waals surface area contributed by atoms with Gasteiger partial charge in [0.15, 0.2) is 0 Å². The van der Waals surface area contributed by atoms with Crippen LogP contribution in [0.15, 0.2) is 137 Å². The Morgan fingerprint density at radius 3 is 1.62 bits per heavy atom. The summed E-state index contributed by atoms with van der Waals surface area (Å²) in [5, 5.41) is 5.16. The van der Waals surface area contributed by atoms with Crippen molar-refractivity contribution in [3.8, 4) is 0 Å². The Morgan fingerprint density at radius 1 is 0.500 bits per heavy atom. The van der Waals surface area contributed by atoms with Crippen molar-refractivity contribution in [2.75, 3.05) is 6.29 Å². The predicted octanol–water partition coefficient (Wildman–Crippen LogP) is 6.85. The maximum atomic E-state index is 5.31. The van der Waals surface area contributed by atoms with Crippen LogP contribution >= 0.6 is 7.92 Å². The van der Waals surface area contributed by atoms with Crippen molar-refractivity contribution in [1.29, 1.82) is 0 Å². The lowest BCUT2D eigenvalue weighted by molar-refractivity contribution is 1.37. The first-order valence-corrected chi connectivity index (χ1v) is 13.0. The minimum atomic E-state index is -0.623. The van der Waals surface area contributed by atoms with Gasteiger partial charge in [-0.3, -0.25) is 4.99 Å². The zero-order valence-electron chi connectivity index (χ0n) is 18.7. The fraction of sp³-hybridized carbons (Fsp3) is 0.0323. The number of nitrogens with zero attached hydrogens (tertiary/aromatic N) is 2. The summed E-state index contributed by atoms with van der Waals surface area (Å²) in [6, 6.07) is 44.7. The molecule has 0 fully saturated rings. The van der Waals surface area contributed by atoms with E-state index in [1.54, 1.807) is 0 Å². The van der Waals surface area contributed by atoms with E-state index >= 15 is 0 Å². The molecule has 0 amide bonds. The van der Waals surface area contributed by atoms with Gasteiger partial charge in [0.05, 0.1) is 23.4 Å². The highest BCUT2D eigenvalue weighted by Gasteiger charge is 2.27. The van der Waals surface area contributed by atoms with Crippen LogP contribution in [0.3, 0.4) is 0 Å². The highest BCUT2D eigenvalue weighted by atomic mass is 31.1. The summed E-state index contributed by atoms with van der Waals surface area (Å²) >= 11 is 0. The topological polar surface area (TPSA) is 24.7 Å². The molecule has 0 unspecified atom stereocenters. The molecular formula is C31H23N2P. The van der Waals surface area contributed by atoms with E-state index in [1.165, 1.54) is 32.5 Å². The molecule has 0 aromatic heterocycles. The lowest BCUT2D eigenvalue weighted by Gasteiger charge is -2.17. The van der Waals surface area contributed by atoms with Crippen LogP contribution in [-0.4, -0.2) is 17.7 Å². The lowest BCUT2D eigenvalue weighted by Crippen LogP contribution is -2.16. The Morgan fingerprint density at radius 2 is 1.03 bits per heavy atom. The van der Waals surface area contributed by atoms with Crippen molar-refractivity contribution in [2.24, 2.45) is 9.98 Å². The van der Waals surface area contributed by atoms with E-state index in [0.29, 0.717) is 0 Å². The highest BCUT2D eigenvalue weighted by molar-refractivity contribution is 7.73.